The van der Waals surface area contributed by atoms with E-state index in [-0.39, 0.29) is 6.10 Å². The zero-order chi connectivity index (χ0) is 14.8. The van der Waals surface area contributed by atoms with Crippen LogP contribution in [0, 0.1) is 18.3 Å². The van der Waals surface area contributed by atoms with Crippen molar-refractivity contribution >= 4 is 21.6 Å². The van der Waals surface area contributed by atoms with Crippen molar-refractivity contribution in [2.24, 2.45) is 0 Å². The molecule has 1 N–H and O–H groups in total. The molecule has 0 bridgehead atoms. The summed E-state index contributed by atoms with van der Waals surface area (Å²) in [5, 5.41) is 12.2. The van der Waals surface area contributed by atoms with Crippen LogP contribution in [0.1, 0.15) is 16.7 Å². The molecule has 4 heteroatoms. The standard InChI is InChI=1S/C17H15BrN2O/c1-11-2-5-17-13(6-11)8-14(21-17)10-20-16-4-3-12(9-19)7-15(16)18/h2-7,14,20H,8,10H2,1H3. The molecule has 3 rings (SSSR count). The van der Waals surface area contributed by atoms with Crippen molar-refractivity contribution in [3.63, 3.8) is 0 Å². The van der Waals surface area contributed by atoms with Gasteiger partial charge in [0.05, 0.1) is 18.2 Å². The molecule has 1 unspecified atom stereocenters. The summed E-state index contributed by atoms with van der Waals surface area (Å²) >= 11 is 3.48. The highest BCUT2D eigenvalue weighted by Gasteiger charge is 2.22. The van der Waals surface area contributed by atoms with E-state index in [1.165, 1.54) is 11.1 Å². The van der Waals surface area contributed by atoms with Gasteiger partial charge in [-0.1, -0.05) is 17.7 Å². The van der Waals surface area contributed by atoms with Gasteiger partial charge in [0.25, 0.3) is 0 Å². The average molecular weight is 343 g/mol. The second-order valence-corrected chi connectivity index (χ2v) is 6.10. The highest BCUT2D eigenvalue weighted by Crippen LogP contribution is 2.30. The first kappa shape index (κ1) is 14.0. The summed E-state index contributed by atoms with van der Waals surface area (Å²) in [6.45, 7) is 2.83. The molecule has 2 aromatic rings. The Morgan fingerprint density at radius 3 is 2.95 bits per heavy atom. The number of nitrogens with zero attached hydrogens (tertiary/aromatic N) is 1. The molecule has 106 valence electrons. The second kappa shape index (κ2) is 5.79. The highest BCUT2D eigenvalue weighted by atomic mass is 79.9. The molecule has 0 spiro atoms. The van der Waals surface area contributed by atoms with Crippen LogP contribution in [0.4, 0.5) is 5.69 Å². The van der Waals surface area contributed by atoms with E-state index >= 15 is 0 Å². The van der Waals surface area contributed by atoms with E-state index in [9.17, 15) is 0 Å². The molecule has 0 fully saturated rings. The summed E-state index contributed by atoms with van der Waals surface area (Å²) in [5.74, 6) is 0.992. The predicted octanol–water partition coefficient (Wildman–Crippen LogP) is 4.04. The lowest BCUT2D eigenvalue weighted by molar-refractivity contribution is 0.246. The topological polar surface area (TPSA) is 45.0 Å². The van der Waals surface area contributed by atoms with Crippen molar-refractivity contribution in [1.29, 1.82) is 5.26 Å². The molecule has 0 amide bonds. The van der Waals surface area contributed by atoms with Crippen LogP contribution < -0.4 is 10.1 Å². The van der Waals surface area contributed by atoms with Crippen LogP contribution in [0.3, 0.4) is 0 Å². The Morgan fingerprint density at radius 1 is 1.33 bits per heavy atom. The summed E-state index contributed by atoms with van der Waals surface area (Å²) in [7, 11) is 0. The van der Waals surface area contributed by atoms with Crippen LogP contribution in [0.2, 0.25) is 0 Å². The number of hydrogen-bond donors (Lipinski definition) is 1. The Morgan fingerprint density at radius 2 is 2.19 bits per heavy atom. The monoisotopic (exact) mass is 342 g/mol. The lowest BCUT2D eigenvalue weighted by atomic mass is 10.1. The lowest BCUT2D eigenvalue weighted by Crippen LogP contribution is -2.24. The van der Waals surface area contributed by atoms with Gasteiger partial charge >= 0.3 is 0 Å². The molecule has 1 atom stereocenters. The number of fused-ring (bicyclic) bond motifs is 1. The van der Waals surface area contributed by atoms with Gasteiger partial charge in [-0.2, -0.15) is 5.26 Å². The van der Waals surface area contributed by atoms with E-state index in [4.69, 9.17) is 10.00 Å². The van der Waals surface area contributed by atoms with Crippen LogP contribution in [0.15, 0.2) is 40.9 Å². The van der Waals surface area contributed by atoms with Gasteiger partial charge in [0.15, 0.2) is 0 Å². The van der Waals surface area contributed by atoms with Gasteiger partial charge in [0.1, 0.15) is 11.9 Å². The number of ether oxygens (including phenoxy) is 1. The zero-order valence-electron chi connectivity index (χ0n) is 11.7. The Hall–Kier alpha value is -1.99. The van der Waals surface area contributed by atoms with Gasteiger partial charge in [-0.3, -0.25) is 0 Å². The van der Waals surface area contributed by atoms with Crippen LogP contribution in [0.5, 0.6) is 5.75 Å². The third kappa shape index (κ3) is 3.03. The van der Waals surface area contributed by atoms with E-state index in [0.717, 1.165) is 28.9 Å². The molecule has 2 aromatic carbocycles. The van der Waals surface area contributed by atoms with Gasteiger partial charge in [-0.15, -0.1) is 0 Å². The van der Waals surface area contributed by atoms with E-state index in [1.54, 1.807) is 6.07 Å². The fraction of sp³-hybridized carbons (Fsp3) is 0.235. The first-order valence-corrected chi connectivity index (χ1v) is 7.65. The van der Waals surface area contributed by atoms with Gasteiger partial charge in [0, 0.05) is 16.6 Å². The minimum atomic E-state index is 0.143. The fourth-order valence-electron chi connectivity index (χ4n) is 2.51. The molecule has 1 heterocycles. The molecular formula is C17H15BrN2O. The third-order valence-electron chi connectivity index (χ3n) is 3.58. The molecule has 0 saturated carbocycles. The van der Waals surface area contributed by atoms with Crippen molar-refractivity contribution < 1.29 is 4.74 Å². The molecule has 3 nitrogen and oxygen atoms in total. The molecule has 0 aliphatic carbocycles. The number of nitriles is 1. The Kier molecular flexibility index (Phi) is 3.85. The second-order valence-electron chi connectivity index (χ2n) is 5.24. The van der Waals surface area contributed by atoms with E-state index < -0.39 is 0 Å². The number of aryl methyl sites for hydroxylation is 1. The largest absolute Gasteiger partial charge is 0.488 e. The van der Waals surface area contributed by atoms with Crippen LogP contribution >= 0.6 is 15.9 Å². The fourth-order valence-corrected chi connectivity index (χ4v) is 3.03. The van der Waals surface area contributed by atoms with Gasteiger partial charge < -0.3 is 10.1 Å². The Labute approximate surface area is 132 Å². The summed E-state index contributed by atoms with van der Waals surface area (Å²) in [4.78, 5) is 0. The minimum absolute atomic E-state index is 0.143. The van der Waals surface area contributed by atoms with Crippen LogP contribution in [-0.4, -0.2) is 12.6 Å². The zero-order valence-corrected chi connectivity index (χ0v) is 13.3. The summed E-state index contributed by atoms with van der Waals surface area (Å²) in [6, 6.07) is 14.0. The van der Waals surface area contributed by atoms with E-state index in [0.29, 0.717) is 5.56 Å². The molecule has 0 aromatic heterocycles. The maximum atomic E-state index is 8.87. The number of rotatable bonds is 3. The average Bonchev–Trinajstić information content (AvgIpc) is 2.87. The smallest absolute Gasteiger partial charge is 0.123 e. The van der Waals surface area contributed by atoms with Crippen LogP contribution in [-0.2, 0) is 6.42 Å². The Bertz CT molecular complexity index is 721. The first-order valence-electron chi connectivity index (χ1n) is 6.85. The third-order valence-corrected chi connectivity index (χ3v) is 4.23. The van der Waals surface area contributed by atoms with Crippen molar-refractivity contribution in [3.05, 3.63) is 57.6 Å². The van der Waals surface area contributed by atoms with Gasteiger partial charge in [-0.05, 0) is 52.7 Å². The number of hydrogen-bond acceptors (Lipinski definition) is 3. The van der Waals surface area contributed by atoms with Crippen LogP contribution in [0.25, 0.3) is 0 Å². The molecule has 21 heavy (non-hydrogen) atoms. The van der Waals surface area contributed by atoms with E-state index in [1.807, 2.05) is 18.2 Å². The summed E-state index contributed by atoms with van der Waals surface area (Å²) in [5.41, 5.74) is 4.17. The predicted molar refractivity (Wildman–Crippen MR) is 86.6 cm³/mol. The minimum Gasteiger partial charge on any atom is -0.488 e. The number of nitrogens with one attached hydrogen (secondary N) is 1. The maximum absolute atomic E-state index is 8.87. The number of benzene rings is 2. The Balaban J connectivity index is 1.64. The van der Waals surface area contributed by atoms with E-state index in [2.05, 4.69) is 46.4 Å². The quantitative estimate of drug-likeness (QED) is 0.915. The first-order chi connectivity index (χ1) is 10.2. The molecule has 0 radical (unpaired) electrons. The molecule has 1 aliphatic rings. The summed E-state index contributed by atoms with van der Waals surface area (Å²) < 4.78 is 6.83. The SMILES string of the molecule is Cc1ccc2c(c1)CC(CNc1ccc(C#N)cc1Br)O2. The lowest BCUT2D eigenvalue weighted by Gasteiger charge is -2.14. The number of anilines is 1. The molecular weight excluding hydrogens is 328 g/mol. The summed E-state index contributed by atoms with van der Waals surface area (Å²) in [6.07, 6.45) is 1.07. The highest BCUT2D eigenvalue weighted by molar-refractivity contribution is 9.10. The van der Waals surface area contributed by atoms with Crippen molar-refractivity contribution in [3.8, 4) is 11.8 Å². The van der Waals surface area contributed by atoms with Gasteiger partial charge in [-0.25, -0.2) is 0 Å². The van der Waals surface area contributed by atoms with Crippen molar-refractivity contribution in [2.75, 3.05) is 11.9 Å². The van der Waals surface area contributed by atoms with Crippen molar-refractivity contribution in [1.82, 2.24) is 0 Å². The number of halogens is 1. The molecule has 1 aliphatic heterocycles. The normalized spacial score (nSPS) is 16.0. The van der Waals surface area contributed by atoms with Crippen molar-refractivity contribution in [2.45, 2.75) is 19.4 Å². The maximum Gasteiger partial charge on any atom is 0.123 e. The van der Waals surface area contributed by atoms with Gasteiger partial charge in [0.2, 0.25) is 0 Å². The molecule has 0 saturated heterocycles.